The highest BCUT2D eigenvalue weighted by Crippen LogP contribution is 2.15. The van der Waals surface area contributed by atoms with Crippen molar-refractivity contribution in [1.82, 2.24) is 0 Å². The van der Waals surface area contributed by atoms with Gasteiger partial charge in [0.1, 0.15) is 13.2 Å². The molecular formula is C73H118O6. The Labute approximate surface area is 487 Å². The van der Waals surface area contributed by atoms with Crippen molar-refractivity contribution < 1.29 is 28.6 Å². The molecule has 1 atom stereocenters. The molecule has 0 saturated carbocycles. The smallest absolute Gasteiger partial charge is 0.306 e. The molecule has 0 aromatic carbocycles. The van der Waals surface area contributed by atoms with Crippen LogP contribution in [0.3, 0.4) is 0 Å². The lowest BCUT2D eigenvalue weighted by Gasteiger charge is -2.18. The molecule has 0 N–H and O–H groups in total. The fourth-order valence-corrected chi connectivity index (χ4v) is 8.54. The van der Waals surface area contributed by atoms with Crippen molar-refractivity contribution in [2.45, 2.75) is 284 Å². The van der Waals surface area contributed by atoms with Gasteiger partial charge < -0.3 is 14.2 Å². The monoisotopic (exact) mass is 1090 g/mol. The number of hydrogen-bond acceptors (Lipinski definition) is 6. The van der Waals surface area contributed by atoms with E-state index < -0.39 is 6.10 Å². The number of carbonyl (C=O) groups is 3. The average molecular weight is 1090 g/mol. The van der Waals surface area contributed by atoms with Crippen molar-refractivity contribution in [1.29, 1.82) is 0 Å². The van der Waals surface area contributed by atoms with Crippen LogP contribution in [0.4, 0.5) is 0 Å². The van der Waals surface area contributed by atoms with Crippen molar-refractivity contribution in [3.8, 4) is 0 Å². The van der Waals surface area contributed by atoms with Crippen molar-refractivity contribution in [3.63, 3.8) is 0 Å². The lowest BCUT2D eigenvalue weighted by atomic mass is 10.0. The zero-order valence-electron chi connectivity index (χ0n) is 51.1. The second-order valence-electron chi connectivity index (χ2n) is 20.9. The van der Waals surface area contributed by atoms with Crippen molar-refractivity contribution in [2.75, 3.05) is 13.2 Å². The van der Waals surface area contributed by atoms with E-state index in [1.807, 2.05) is 0 Å². The highest BCUT2D eigenvalue weighted by atomic mass is 16.6. The number of unbranched alkanes of at least 4 members (excludes halogenated alkanes) is 22. The summed E-state index contributed by atoms with van der Waals surface area (Å²) in [4.78, 5) is 38.4. The van der Waals surface area contributed by atoms with Gasteiger partial charge in [-0.15, -0.1) is 0 Å². The molecule has 446 valence electrons. The Morgan fingerprint density at radius 3 is 0.823 bits per heavy atom. The van der Waals surface area contributed by atoms with Crippen LogP contribution in [0.15, 0.2) is 146 Å². The fraction of sp³-hybridized carbons (Fsp3) is 0.630. The van der Waals surface area contributed by atoms with Crippen LogP contribution in [0.5, 0.6) is 0 Å². The maximum absolute atomic E-state index is 12.9. The van der Waals surface area contributed by atoms with Gasteiger partial charge in [0.2, 0.25) is 0 Å². The van der Waals surface area contributed by atoms with Gasteiger partial charge in [-0.05, 0) is 135 Å². The van der Waals surface area contributed by atoms with Gasteiger partial charge in [-0.2, -0.15) is 0 Å². The molecule has 0 aliphatic rings. The topological polar surface area (TPSA) is 78.9 Å². The molecule has 0 aromatic rings. The number of ether oxygens (including phenoxy) is 3. The molecule has 0 radical (unpaired) electrons. The summed E-state index contributed by atoms with van der Waals surface area (Å²) in [5, 5.41) is 0. The predicted molar refractivity (Wildman–Crippen MR) is 343 cm³/mol. The number of allylic oxidation sites excluding steroid dienone is 24. The molecule has 0 aliphatic heterocycles. The Balaban J connectivity index is 4.46. The lowest BCUT2D eigenvalue weighted by molar-refractivity contribution is -0.167. The average Bonchev–Trinajstić information content (AvgIpc) is 3.45. The van der Waals surface area contributed by atoms with Crippen LogP contribution in [0.2, 0.25) is 0 Å². The minimum Gasteiger partial charge on any atom is -0.462 e. The van der Waals surface area contributed by atoms with Gasteiger partial charge in [-0.3, -0.25) is 14.4 Å². The SMILES string of the molecule is CC/C=C\C/C=C\C/C=C\C/C=C\C/C=C\CCCC(=O)OCC(COC(=O)CCCCCCCCCCCCCC/C=C\C/C=C\C/C=C\C/C=C\CC)OC(=O)CCCCCCCC/C=C\C/C=C\C/C=C\CCCCC. The molecule has 0 aliphatic carbocycles. The number of esters is 3. The zero-order chi connectivity index (χ0) is 57.1. The summed E-state index contributed by atoms with van der Waals surface area (Å²) >= 11 is 0. The fourth-order valence-electron chi connectivity index (χ4n) is 8.54. The van der Waals surface area contributed by atoms with E-state index in [9.17, 15) is 14.4 Å². The van der Waals surface area contributed by atoms with Crippen molar-refractivity contribution >= 4 is 17.9 Å². The molecule has 0 heterocycles. The van der Waals surface area contributed by atoms with E-state index in [-0.39, 0.29) is 37.5 Å². The summed E-state index contributed by atoms with van der Waals surface area (Å²) in [6, 6.07) is 0. The van der Waals surface area contributed by atoms with E-state index in [2.05, 4.69) is 167 Å². The molecular weight excluding hydrogens is 973 g/mol. The Bertz CT molecular complexity index is 1730. The molecule has 0 bridgehead atoms. The third kappa shape index (κ3) is 64.0. The Hall–Kier alpha value is -4.71. The first-order chi connectivity index (χ1) is 39.0. The Morgan fingerprint density at radius 2 is 0.506 bits per heavy atom. The maximum atomic E-state index is 12.9. The van der Waals surface area contributed by atoms with Crippen LogP contribution in [-0.4, -0.2) is 37.2 Å². The minimum atomic E-state index is -0.817. The minimum absolute atomic E-state index is 0.107. The summed E-state index contributed by atoms with van der Waals surface area (Å²) in [5.74, 6) is -0.981. The number of rotatable bonds is 57. The number of carbonyl (C=O) groups excluding carboxylic acids is 3. The molecule has 0 rings (SSSR count). The van der Waals surface area contributed by atoms with Gasteiger partial charge >= 0.3 is 17.9 Å². The quantitative estimate of drug-likeness (QED) is 0.0261. The summed E-state index contributed by atoms with van der Waals surface area (Å²) in [5.41, 5.74) is 0. The first-order valence-electron chi connectivity index (χ1n) is 32.3. The largest absolute Gasteiger partial charge is 0.462 e. The van der Waals surface area contributed by atoms with Gasteiger partial charge in [0, 0.05) is 19.3 Å². The molecule has 79 heavy (non-hydrogen) atoms. The van der Waals surface area contributed by atoms with Crippen LogP contribution in [0.25, 0.3) is 0 Å². The van der Waals surface area contributed by atoms with Crippen LogP contribution in [-0.2, 0) is 28.6 Å². The summed E-state index contributed by atoms with van der Waals surface area (Å²) < 4.78 is 16.9. The molecule has 0 spiro atoms. The molecule has 1 unspecified atom stereocenters. The highest BCUT2D eigenvalue weighted by Gasteiger charge is 2.19. The maximum Gasteiger partial charge on any atom is 0.306 e. The Morgan fingerprint density at radius 1 is 0.266 bits per heavy atom. The second-order valence-corrected chi connectivity index (χ2v) is 20.9. The normalized spacial score (nSPS) is 13.1. The third-order valence-electron chi connectivity index (χ3n) is 13.3. The van der Waals surface area contributed by atoms with Gasteiger partial charge in [-0.1, -0.05) is 269 Å². The standard InChI is InChI=1S/C73H118O6/c1-4-7-10-13-16-19-22-25-28-31-33-34-35-36-37-38-40-42-45-48-51-54-57-60-63-66-72(75)78-69-70(68-77-71(74)65-62-59-56-53-50-47-44-41-30-27-24-21-18-15-12-9-6-3)79-73(76)67-64-61-58-55-52-49-46-43-39-32-29-26-23-20-17-14-11-8-5-2/h7,9-10,12,16-21,25-30,33-34,39,43-44,47,53,56,70H,4-6,8,11,13-15,22-24,31-32,35-38,40-42,45-46,48-52,54-55,57-69H2,1-3H3/b10-7-,12-9-,19-16-,20-17-,21-18-,28-25-,29-26-,30-27-,34-33-,43-39-,47-44-,56-53-. The van der Waals surface area contributed by atoms with Crippen molar-refractivity contribution in [2.24, 2.45) is 0 Å². The van der Waals surface area contributed by atoms with E-state index in [1.165, 1.54) is 103 Å². The van der Waals surface area contributed by atoms with Gasteiger partial charge in [0.05, 0.1) is 0 Å². The summed E-state index contributed by atoms with van der Waals surface area (Å²) in [6.07, 6.45) is 94.2. The zero-order valence-corrected chi connectivity index (χ0v) is 51.1. The van der Waals surface area contributed by atoms with E-state index in [4.69, 9.17) is 14.2 Å². The third-order valence-corrected chi connectivity index (χ3v) is 13.3. The second kappa shape index (κ2) is 65.8. The molecule has 0 amide bonds. The van der Waals surface area contributed by atoms with Crippen LogP contribution >= 0.6 is 0 Å². The number of hydrogen-bond donors (Lipinski definition) is 0. The predicted octanol–water partition coefficient (Wildman–Crippen LogP) is 22.3. The van der Waals surface area contributed by atoms with Gasteiger partial charge in [0.15, 0.2) is 6.10 Å². The van der Waals surface area contributed by atoms with Gasteiger partial charge in [-0.25, -0.2) is 0 Å². The van der Waals surface area contributed by atoms with E-state index in [0.717, 1.165) is 128 Å². The highest BCUT2D eigenvalue weighted by molar-refractivity contribution is 5.71. The first kappa shape index (κ1) is 74.3. The van der Waals surface area contributed by atoms with Crippen LogP contribution in [0, 0.1) is 0 Å². The molecule has 0 saturated heterocycles. The van der Waals surface area contributed by atoms with E-state index in [1.54, 1.807) is 0 Å². The molecule has 0 aromatic heterocycles. The van der Waals surface area contributed by atoms with E-state index >= 15 is 0 Å². The van der Waals surface area contributed by atoms with Crippen LogP contribution < -0.4 is 0 Å². The first-order valence-corrected chi connectivity index (χ1v) is 32.3. The molecule has 0 fully saturated rings. The van der Waals surface area contributed by atoms with Gasteiger partial charge in [0.25, 0.3) is 0 Å². The Kier molecular flexibility index (Phi) is 61.9. The van der Waals surface area contributed by atoms with Crippen molar-refractivity contribution in [3.05, 3.63) is 146 Å². The van der Waals surface area contributed by atoms with Crippen LogP contribution in [0.1, 0.15) is 278 Å². The summed E-state index contributed by atoms with van der Waals surface area (Å²) in [6.45, 7) is 6.33. The molecule has 6 heteroatoms. The molecule has 6 nitrogen and oxygen atoms in total. The summed E-state index contributed by atoms with van der Waals surface area (Å²) in [7, 11) is 0. The lowest BCUT2D eigenvalue weighted by Crippen LogP contribution is -2.30. The van der Waals surface area contributed by atoms with E-state index in [0.29, 0.717) is 19.3 Å².